The minimum atomic E-state index is -4.64. The van der Waals surface area contributed by atoms with Crippen molar-refractivity contribution in [2.75, 3.05) is 11.9 Å². The summed E-state index contributed by atoms with van der Waals surface area (Å²) in [7, 11) is 0. The highest BCUT2D eigenvalue weighted by Crippen LogP contribution is 2.24. The summed E-state index contributed by atoms with van der Waals surface area (Å²) in [6.45, 7) is 2.29. The molecule has 1 unspecified atom stereocenters. The first-order valence-corrected chi connectivity index (χ1v) is 10.6. The largest absolute Gasteiger partial charge is 0.461 e. The number of carbonyl (C=O) groups excluding carboxylic acids is 2. The maximum atomic E-state index is 12.5. The summed E-state index contributed by atoms with van der Waals surface area (Å²) in [5, 5.41) is -0.545. The Labute approximate surface area is 168 Å². The number of halogens is 4. The number of carbonyl (C=O) groups is 2. The van der Waals surface area contributed by atoms with Gasteiger partial charge in [-0.15, -0.1) is 0 Å². The fraction of sp³-hybridized carbons (Fsp3) is 0.789. The van der Waals surface area contributed by atoms with Crippen molar-refractivity contribution in [2.24, 2.45) is 0 Å². The minimum absolute atomic E-state index is 0.0942. The van der Waals surface area contributed by atoms with Crippen LogP contribution in [0, 0.1) is 0 Å². The van der Waals surface area contributed by atoms with Crippen molar-refractivity contribution in [3.63, 3.8) is 0 Å². The van der Waals surface area contributed by atoms with Gasteiger partial charge >= 0.3 is 18.1 Å². The molecule has 0 fully saturated rings. The van der Waals surface area contributed by atoms with E-state index in [4.69, 9.17) is 4.74 Å². The SMILES string of the molecule is CCCCCCCCC/C=C/COC(=O)CCC(=O)OC(CBr)C(F)(F)F. The Kier molecular flexibility index (Phi) is 15.3. The molecule has 0 aromatic carbocycles. The van der Waals surface area contributed by atoms with E-state index < -0.39 is 36.0 Å². The van der Waals surface area contributed by atoms with Crippen LogP contribution in [0.3, 0.4) is 0 Å². The lowest BCUT2D eigenvalue weighted by atomic mass is 10.1. The quantitative estimate of drug-likeness (QED) is 0.133. The van der Waals surface area contributed by atoms with Gasteiger partial charge in [0.2, 0.25) is 6.10 Å². The molecule has 158 valence electrons. The average molecular weight is 459 g/mol. The Morgan fingerprint density at radius 1 is 0.963 bits per heavy atom. The summed E-state index contributed by atoms with van der Waals surface area (Å²) in [4.78, 5) is 22.8. The van der Waals surface area contributed by atoms with E-state index in [0.717, 1.165) is 12.8 Å². The minimum Gasteiger partial charge on any atom is -0.461 e. The molecule has 8 heteroatoms. The lowest BCUT2D eigenvalue weighted by Crippen LogP contribution is -2.35. The monoisotopic (exact) mass is 458 g/mol. The van der Waals surface area contributed by atoms with Crippen molar-refractivity contribution >= 4 is 27.9 Å². The summed E-state index contributed by atoms with van der Waals surface area (Å²) in [6, 6.07) is 0. The van der Waals surface area contributed by atoms with Gasteiger partial charge in [-0.1, -0.05) is 73.5 Å². The number of allylic oxidation sites excluding steroid dienone is 1. The van der Waals surface area contributed by atoms with Gasteiger partial charge in [0, 0.05) is 5.33 Å². The smallest absolute Gasteiger partial charge is 0.426 e. The second kappa shape index (κ2) is 16.0. The van der Waals surface area contributed by atoms with Crippen molar-refractivity contribution in [3.8, 4) is 0 Å². The van der Waals surface area contributed by atoms with Crippen LogP contribution in [-0.2, 0) is 19.1 Å². The number of unbranched alkanes of at least 4 members (excludes halogenated alkanes) is 7. The molecule has 4 nitrogen and oxygen atoms in total. The standard InChI is InChI=1S/C19H30BrF3O4/c1-2-3-4-5-6-7-8-9-10-11-14-26-17(24)12-13-18(25)27-16(15-20)19(21,22)23/h10-11,16H,2-9,12-15H2,1H3/b11-10+. The Morgan fingerprint density at radius 3 is 2.15 bits per heavy atom. The van der Waals surface area contributed by atoms with Crippen LogP contribution in [0.2, 0.25) is 0 Å². The molecule has 0 N–H and O–H groups in total. The zero-order valence-electron chi connectivity index (χ0n) is 15.9. The molecule has 0 amide bonds. The summed E-state index contributed by atoms with van der Waals surface area (Å²) < 4.78 is 46.6. The van der Waals surface area contributed by atoms with Crippen LogP contribution in [0.25, 0.3) is 0 Å². The molecule has 0 aromatic rings. The van der Waals surface area contributed by atoms with E-state index >= 15 is 0 Å². The molecule has 27 heavy (non-hydrogen) atoms. The highest BCUT2D eigenvalue weighted by atomic mass is 79.9. The van der Waals surface area contributed by atoms with Gasteiger partial charge in [0.15, 0.2) is 0 Å². The van der Waals surface area contributed by atoms with Crippen LogP contribution in [0.4, 0.5) is 13.2 Å². The van der Waals surface area contributed by atoms with E-state index in [2.05, 4.69) is 27.6 Å². The Bertz CT molecular complexity index is 439. The highest BCUT2D eigenvalue weighted by molar-refractivity contribution is 9.09. The number of hydrogen-bond acceptors (Lipinski definition) is 4. The zero-order chi connectivity index (χ0) is 20.5. The molecule has 1 atom stereocenters. The Hall–Kier alpha value is -1.05. The van der Waals surface area contributed by atoms with Crippen molar-refractivity contribution in [3.05, 3.63) is 12.2 Å². The van der Waals surface area contributed by atoms with Crippen molar-refractivity contribution in [1.29, 1.82) is 0 Å². The van der Waals surface area contributed by atoms with Gasteiger partial charge in [0.25, 0.3) is 0 Å². The van der Waals surface area contributed by atoms with Crippen LogP contribution in [0.1, 0.15) is 71.1 Å². The third-order valence-electron chi connectivity index (χ3n) is 3.79. The highest BCUT2D eigenvalue weighted by Gasteiger charge is 2.42. The van der Waals surface area contributed by atoms with Gasteiger partial charge in [0.05, 0.1) is 12.8 Å². The van der Waals surface area contributed by atoms with Crippen LogP contribution in [0.5, 0.6) is 0 Å². The second-order valence-electron chi connectivity index (χ2n) is 6.24. The molecule has 0 aliphatic rings. The predicted octanol–water partition coefficient (Wildman–Crippen LogP) is 5.88. The van der Waals surface area contributed by atoms with E-state index in [-0.39, 0.29) is 13.0 Å². The maximum absolute atomic E-state index is 12.5. The van der Waals surface area contributed by atoms with Gasteiger partial charge in [-0.05, 0) is 12.8 Å². The number of hydrogen-bond donors (Lipinski definition) is 0. The third kappa shape index (κ3) is 15.7. The van der Waals surface area contributed by atoms with Gasteiger partial charge in [-0.25, -0.2) is 0 Å². The lowest BCUT2D eigenvalue weighted by Gasteiger charge is -2.18. The summed E-state index contributed by atoms with van der Waals surface area (Å²) in [6.07, 6.45) is 5.62. The average Bonchev–Trinajstić information content (AvgIpc) is 2.61. The second-order valence-corrected chi connectivity index (χ2v) is 6.89. The van der Waals surface area contributed by atoms with Crippen LogP contribution < -0.4 is 0 Å². The first kappa shape index (κ1) is 26.0. The van der Waals surface area contributed by atoms with Crippen molar-refractivity contribution in [2.45, 2.75) is 83.4 Å². The fourth-order valence-corrected chi connectivity index (χ4v) is 2.73. The number of esters is 2. The first-order chi connectivity index (χ1) is 12.8. The van der Waals surface area contributed by atoms with E-state index in [1.165, 1.54) is 38.5 Å². The van der Waals surface area contributed by atoms with Crippen LogP contribution in [-0.4, -0.2) is 36.2 Å². The molecule has 0 saturated heterocycles. The molecule has 0 saturated carbocycles. The normalized spacial score (nSPS) is 12.9. The van der Waals surface area contributed by atoms with E-state index in [0.29, 0.717) is 0 Å². The number of rotatable bonds is 15. The molecular formula is C19H30BrF3O4. The number of alkyl halides is 4. The molecular weight excluding hydrogens is 429 g/mol. The zero-order valence-corrected chi connectivity index (χ0v) is 17.4. The fourth-order valence-electron chi connectivity index (χ4n) is 2.23. The topological polar surface area (TPSA) is 52.6 Å². The third-order valence-corrected chi connectivity index (χ3v) is 4.38. The molecule has 0 aliphatic heterocycles. The van der Waals surface area contributed by atoms with Crippen LogP contribution in [0.15, 0.2) is 12.2 Å². The molecule has 0 rings (SSSR count). The van der Waals surface area contributed by atoms with Crippen LogP contribution >= 0.6 is 15.9 Å². The van der Waals surface area contributed by atoms with Gasteiger partial charge in [-0.3, -0.25) is 9.59 Å². The molecule has 0 aliphatic carbocycles. The number of ether oxygens (including phenoxy) is 2. The molecule has 0 heterocycles. The Morgan fingerprint density at radius 2 is 1.56 bits per heavy atom. The Balaban J connectivity index is 3.70. The van der Waals surface area contributed by atoms with Crippen molar-refractivity contribution < 1.29 is 32.2 Å². The molecule has 0 spiro atoms. The molecule has 0 radical (unpaired) electrons. The van der Waals surface area contributed by atoms with Gasteiger partial charge in [-0.2, -0.15) is 13.2 Å². The first-order valence-electron chi connectivity index (χ1n) is 9.44. The van der Waals surface area contributed by atoms with Crippen molar-refractivity contribution in [1.82, 2.24) is 0 Å². The van der Waals surface area contributed by atoms with E-state index in [9.17, 15) is 22.8 Å². The molecule has 0 aromatic heterocycles. The van der Waals surface area contributed by atoms with E-state index in [1.807, 2.05) is 6.08 Å². The predicted molar refractivity (Wildman–Crippen MR) is 102 cm³/mol. The van der Waals surface area contributed by atoms with Gasteiger partial charge < -0.3 is 9.47 Å². The van der Waals surface area contributed by atoms with Gasteiger partial charge in [0.1, 0.15) is 6.61 Å². The molecule has 0 bridgehead atoms. The maximum Gasteiger partial charge on any atom is 0.426 e. The van der Waals surface area contributed by atoms with E-state index in [1.54, 1.807) is 6.08 Å². The summed E-state index contributed by atoms with van der Waals surface area (Å²) >= 11 is 2.64. The summed E-state index contributed by atoms with van der Waals surface area (Å²) in [5.41, 5.74) is 0. The summed E-state index contributed by atoms with van der Waals surface area (Å²) in [5.74, 6) is -1.72. The lowest BCUT2D eigenvalue weighted by molar-refractivity contribution is -0.214.